The number of rotatable bonds is 13. The summed E-state index contributed by atoms with van der Waals surface area (Å²) in [4.78, 5) is 49.4. The lowest BCUT2D eigenvalue weighted by Gasteiger charge is -2.27. The van der Waals surface area contributed by atoms with Gasteiger partial charge in [0.05, 0.1) is 18.2 Å². The molecule has 6 atom stereocenters. The van der Waals surface area contributed by atoms with Gasteiger partial charge in [-0.3, -0.25) is 14.4 Å². The summed E-state index contributed by atoms with van der Waals surface area (Å²) in [5.74, 6) is -3.77. The van der Waals surface area contributed by atoms with Gasteiger partial charge in [0, 0.05) is 0 Å². The van der Waals surface area contributed by atoms with Gasteiger partial charge in [-0.05, 0) is 38.2 Å². The molecule has 0 aliphatic carbocycles. The second kappa shape index (κ2) is 13.6. The van der Waals surface area contributed by atoms with E-state index in [0.717, 1.165) is 5.56 Å². The van der Waals surface area contributed by atoms with Crippen molar-refractivity contribution in [3.8, 4) is 0 Å². The number of benzene rings is 1. The SMILES string of the molecule is CC(C)CC(NC(=O)C(N)Cc1ccccc1)C(=O)NC(C(=O)NC(C(=O)O)C(C)O)C(C)O. The third-order valence-corrected chi connectivity index (χ3v) is 5.08. The van der Waals surface area contributed by atoms with Gasteiger partial charge in [-0.1, -0.05) is 44.2 Å². The van der Waals surface area contributed by atoms with Gasteiger partial charge in [0.1, 0.15) is 12.1 Å². The second-order valence-corrected chi connectivity index (χ2v) is 8.78. The highest BCUT2D eigenvalue weighted by atomic mass is 16.4. The minimum absolute atomic E-state index is 0.00754. The molecular weight excluding hydrogens is 444 g/mol. The molecule has 0 aliphatic heterocycles. The van der Waals surface area contributed by atoms with Crippen molar-refractivity contribution in [2.24, 2.45) is 11.7 Å². The number of carboxylic acids is 1. The molecule has 6 unspecified atom stereocenters. The monoisotopic (exact) mass is 480 g/mol. The minimum atomic E-state index is -1.63. The molecule has 1 aromatic carbocycles. The summed E-state index contributed by atoms with van der Waals surface area (Å²) in [6, 6.07) is 4.03. The van der Waals surface area contributed by atoms with E-state index in [9.17, 15) is 29.4 Å². The second-order valence-electron chi connectivity index (χ2n) is 8.78. The molecule has 0 heterocycles. The quantitative estimate of drug-likeness (QED) is 0.185. The number of amides is 3. The van der Waals surface area contributed by atoms with E-state index in [-0.39, 0.29) is 18.8 Å². The van der Waals surface area contributed by atoms with Crippen LogP contribution in [0.1, 0.15) is 39.7 Å². The summed E-state index contributed by atoms with van der Waals surface area (Å²) < 4.78 is 0. The average molecular weight is 481 g/mol. The van der Waals surface area contributed by atoms with Gasteiger partial charge in [0.2, 0.25) is 17.7 Å². The molecule has 0 bridgehead atoms. The minimum Gasteiger partial charge on any atom is -0.480 e. The average Bonchev–Trinajstić information content (AvgIpc) is 2.74. The Balaban J connectivity index is 2.92. The Hall–Kier alpha value is -3.02. The number of hydrogen-bond donors (Lipinski definition) is 7. The Morgan fingerprint density at radius 2 is 1.35 bits per heavy atom. The maximum Gasteiger partial charge on any atom is 0.328 e. The van der Waals surface area contributed by atoms with E-state index in [2.05, 4.69) is 16.0 Å². The fourth-order valence-electron chi connectivity index (χ4n) is 3.23. The van der Waals surface area contributed by atoms with Crippen LogP contribution in [-0.4, -0.2) is 75.4 Å². The number of nitrogens with two attached hydrogens (primary N) is 1. The maximum atomic E-state index is 12.9. The van der Waals surface area contributed by atoms with E-state index < -0.39 is 60.1 Å². The summed E-state index contributed by atoms with van der Waals surface area (Å²) in [6.45, 7) is 6.11. The van der Waals surface area contributed by atoms with Crippen LogP contribution >= 0.6 is 0 Å². The molecule has 8 N–H and O–H groups in total. The molecule has 0 saturated carbocycles. The lowest BCUT2D eigenvalue weighted by Crippen LogP contribution is -2.61. The normalized spacial score (nSPS) is 16.5. The van der Waals surface area contributed by atoms with Crippen LogP contribution in [0.2, 0.25) is 0 Å². The number of carbonyl (C=O) groups excluding carboxylic acids is 3. The predicted molar refractivity (Wildman–Crippen MR) is 124 cm³/mol. The van der Waals surface area contributed by atoms with Crippen molar-refractivity contribution in [2.45, 2.75) is 76.9 Å². The van der Waals surface area contributed by atoms with Crippen LogP contribution in [0.4, 0.5) is 0 Å². The number of aliphatic hydroxyl groups is 2. The summed E-state index contributed by atoms with van der Waals surface area (Å²) in [7, 11) is 0. The van der Waals surface area contributed by atoms with Crippen molar-refractivity contribution in [1.82, 2.24) is 16.0 Å². The zero-order valence-electron chi connectivity index (χ0n) is 19.9. The molecule has 0 aromatic heterocycles. The highest BCUT2D eigenvalue weighted by Crippen LogP contribution is 2.08. The Morgan fingerprint density at radius 1 is 0.824 bits per heavy atom. The van der Waals surface area contributed by atoms with Crippen molar-refractivity contribution in [2.75, 3.05) is 0 Å². The topological polar surface area (TPSA) is 191 Å². The standard InChI is InChI=1S/C23H36N4O7/c1-12(2)10-17(25-20(30)16(24)11-15-8-6-5-7-9-15)21(31)26-18(13(3)28)22(32)27-19(14(4)29)23(33)34/h5-9,12-14,16-19,28-29H,10-11,24H2,1-4H3,(H,25,30)(H,26,31)(H,27,32)(H,33,34). The smallest absolute Gasteiger partial charge is 0.328 e. The molecule has 11 heteroatoms. The molecule has 0 spiro atoms. The first kappa shape index (κ1) is 29.0. The molecule has 1 aromatic rings. The number of hydrogen-bond acceptors (Lipinski definition) is 7. The Morgan fingerprint density at radius 3 is 1.82 bits per heavy atom. The first-order valence-corrected chi connectivity index (χ1v) is 11.1. The number of aliphatic hydroxyl groups excluding tert-OH is 2. The Kier molecular flexibility index (Phi) is 11.6. The van der Waals surface area contributed by atoms with Crippen LogP contribution in [-0.2, 0) is 25.6 Å². The van der Waals surface area contributed by atoms with Crippen LogP contribution in [0, 0.1) is 5.92 Å². The molecule has 0 fully saturated rings. The molecule has 0 aliphatic rings. The summed E-state index contributed by atoms with van der Waals surface area (Å²) in [6.07, 6.45) is -2.30. The third kappa shape index (κ3) is 9.46. The fraction of sp³-hybridized carbons (Fsp3) is 0.565. The summed E-state index contributed by atoms with van der Waals surface area (Å²) in [5.41, 5.74) is 6.86. The molecule has 34 heavy (non-hydrogen) atoms. The highest BCUT2D eigenvalue weighted by molar-refractivity contribution is 5.94. The molecule has 11 nitrogen and oxygen atoms in total. The van der Waals surface area contributed by atoms with Crippen LogP contribution in [0.3, 0.4) is 0 Å². The van der Waals surface area contributed by atoms with Crippen LogP contribution in [0.15, 0.2) is 30.3 Å². The number of carbonyl (C=O) groups is 4. The van der Waals surface area contributed by atoms with E-state index in [1.807, 2.05) is 44.2 Å². The van der Waals surface area contributed by atoms with Crippen molar-refractivity contribution in [3.63, 3.8) is 0 Å². The highest BCUT2D eigenvalue weighted by Gasteiger charge is 2.34. The number of aliphatic carboxylic acids is 1. The van der Waals surface area contributed by atoms with Crippen molar-refractivity contribution < 1.29 is 34.5 Å². The molecule has 3 amide bonds. The van der Waals surface area contributed by atoms with Crippen molar-refractivity contribution >= 4 is 23.7 Å². The molecule has 190 valence electrons. The van der Waals surface area contributed by atoms with Gasteiger partial charge < -0.3 is 37.0 Å². The fourth-order valence-corrected chi connectivity index (χ4v) is 3.23. The van der Waals surface area contributed by atoms with Crippen LogP contribution < -0.4 is 21.7 Å². The van der Waals surface area contributed by atoms with E-state index in [0.29, 0.717) is 0 Å². The maximum absolute atomic E-state index is 12.9. The van der Waals surface area contributed by atoms with Crippen molar-refractivity contribution in [3.05, 3.63) is 35.9 Å². The van der Waals surface area contributed by atoms with Crippen LogP contribution in [0.25, 0.3) is 0 Å². The van der Waals surface area contributed by atoms with Gasteiger partial charge in [-0.2, -0.15) is 0 Å². The van der Waals surface area contributed by atoms with Crippen molar-refractivity contribution in [1.29, 1.82) is 0 Å². The third-order valence-electron chi connectivity index (χ3n) is 5.08. The van der Waals surface area contributed by atoms with E-state index in [4.69, 9.17) is 10.8 Å². The van der Waals surface area contributed by atoms with Gasteiger partial charge in [-0.15, -0.1) is 0 Å². The van der Waals surface area contributed by atoms with Gasteiger partial charge in [0.25, 0.3) is 0 Å². The Labute approximate surface area is 199 Å². The Bertz CT molecular complexity index is 830. The number of carboxylic acid groups (broad SMARTS) is 1. The lowest BCUT2D eigenvalue weighted by atomic mass is 10.0. The largest absolute Gasteiger partial charge is 0.480 e. The van der Waals surface area contributed by atoms with Gasteiger partial charge in [-0.25, -0.2) is 4.79 Å². The summed E-state index contributed by atoms with van der Waals surface area (Å²) >= 11 is 0. The number of nitrogens with one attached hydrogen (secondary N) is 3. The zero-order valence-corrected chi connectivity index (χ0v) is 19.9. The van der Waals surface area contributed by atoms with E-state index in [1.165, 1.54) is 13.8 Å². The lowest BCUT2D eigenvalue weighted by molar-refractivity contribution is -0.146. The van der Waals surface area contributed by atoms with Crippen LogP contribution in [0.5, 0.6) is 0 Å². The van der Waals surface area contributed by atoms with E-state index in [1.54, 1.807) is 0 Å². The molecule has 1 rings (SSSR count). The predicted octanol–water partition coefficient (Wildman–Crippen LogP) is -1.10. The summed E-state index contributed by atoms with van der Waals surface area (Å²) in [5, 5.41) is 35.8. The molecule has 0 radical (unpaired) electrons. The first-order chi connectivity index (χ1) is 15.8. The van der Waals surface area contributed by atoms with E-state index >= 15 is 0 Å². The first-order valence-electron chi connectivity index (χ1n) is 11.1. The zero-order chi connectivity index (χ0) is 26.0. The molecular formula is C23H36N4O7. The van der Waals surface area contributed by atoms with Gasteiger partial charge >= 0.3 is 5.97 Å². The van der Waals surface area contributed by atoms with Gasteiger partial charge in [0.15, 0.2) is 6.04 Å². The molecule has 0 saturated heterocycles.